The average molecular weight is 338 g/mol. The van der Waals surface area contributed by atoms with Crippen molar-refractivity contribution in [1.82, 2.24) is 19.7 Å². The highest BCUT2D eigenvalue weighted by atomic mass is 16.5. The lowest BCUT2D eigenvalue weighted by Gasteiger charge is -2.31. The summed E-state index contributed by atoms with van der Waals surface area (Å²) < 4.78 is 7.28. The number of hydrogen-bond donors (Lipinski definition) is 1. The van der Waals surface area contributed by atoms with Crippen LogP contribution in [0.5, 0.6) is 5.75 Å². The van der Waals surface area contributed by atoms with Gasteiger partial charge < -0.3 is 14.6 Å². The molecule has 1 fully saturated rings. The largest absolute Gasteiger partial charge is 0.497 e. The van der Waals surface area contributed by atoms with E-state index in [0.717, 1.165) is 18.7 Å². The summed E-state index contributed by atoms with van der Waals surface area (Å²) in [7, 11) is 3.71. The normalized spacial score (nSPS) is 16.6. The first-order valence-corrected chi connectivity index (χ1v) is 9.08. The molecule has 132 valence electrons. The lowest BCUT2D eigenvalue weighted by Crippen LogP contribution is -2.34. The highest BCUT2D eigenvalue weighted by molar-refractivity contribution is 5.85. The summed E-state index contributed by atoms with van der Waals surface area (Å²) in [6.07, 6.45) is 9.81. The third-order valence-corrected chi connectivity index (χ3v) is 5.42. The molecule has 0 bridgehead atoms. The molecule has 3 heterocycles. The molecule has 4 rings (SSSR count). The van der Waals surface area contributed by atoms with Gasteiger partial charge in [0.2, 0.25) is 0 Å². The van der Waals surface area contributed by atoms with Crippen molar-refractivity contribution in [3.63, 3.8) is 0 Å². The highest BCUT2D eigenvalue weighted by Crippen LogP contribution is 2.34. The van der Waals surface area contributed by atoms with Crippen molar-refractivity contribution in [3.8, 4) is 5.75 Å². The minimum absolute atomic E-state index is 0.635. The van der Waals surface area contributed by atoms with Crippen molar-refractivity contribution >= 4 is 10.9 Å². The lowest BCUT2D eigenvalue weighted by molar-refractivity contribution is 0.215. The Kier molecular flexibility index (Phi) is 4.49. The van der Waals surface area contributed by atoms with E-state index in [1.54, 1.807) is 7.11 Å². The fourth-order valence-corrected chi connectivity index (χ4v) is 3.94. The van der Waals surface area contributed by atoms with Crippen molar-refractivity contribution in [2.24, 2.45) is 7.05 Å². The second-order valence-corrected chi connectivity index (χ2v) is 7.04. The number of H-pyrrole nitrogens is 1. The van der Waals surface area contributed by atoms with Crippen LogP contribution >= 0.6 is 0 Å². The summed E-state index contributed by atoms with van der Waals surface area (Å²) in [4.78, 5) is 6.00. The van der Waals surface area contributed by atoms with Gasteiger partial charge in [-0.1, -0.05) is 0 Å². The van der Waals surface area contributed by atoms with Crippen LogP contribution in [0.4, 0.5) is 0 Å². The van der Waals surface area contributed by atoms with Gasteiger partial charge in [0.05, 0.1) is 13.3 Å². The Labute approximate surface area is 148 Å². The molecular weight excluding hydrogens is 312 g/mol. The smallest absolute Gasteiger partial charge is 0.119 e. The molecule has 0 atom stereocenters. The van der Waals surface area contributed by atoms with Gasteiger partial charge in [0.15, 0.2) is 0 Å². The number of aryl methyl sites for hydroxylation is 1. The van der Waals surface area contributed by atoms with Crippen LogP contribution in [0.25, 0.3) is 10.9 Å². The maximum atomic E-state index is 5.40. The van der Waals surface area contributed by atoms with Gasteiger partial charge in [-0.2, -0.15) is 5.10 Å². The van der Waals surface area contributed by atoms with Crippen molar-refractivity contribution in [1.29, 1.82) is 0 Å². The van der Waals surface area contributed by atoms with Crippen LogP contribution in [0.2, 0.25) is 0 Å². The number of hydrogen-bond acceptors (Lipinski definition) is 3. The lowest BCUT2D eigenvalue weighted by atomic mass is 9.89. The van der Waals surface area contributed by atoms with Crippen LogP contribution in [0, 0.1) is 0 Å². The zero-order valence-electron chi connectivity index (χ0n) is 15.0. The molecule has 0 amide bonds. The summed E-state index contributed by atoms with van der Waals surface area (Å²) in [5.41, 5.74) is 3.98. The van der Waals surface area contributed by atoms with E-state index in [0.29, 0.717) is 5.92 Å². The van der Waals surface area contributed by atoms with Gasteiger partial charge in [0, 0.05) is 36.9 Å². The molecule has 1 aliphatic rings. The van der Waals surface area contributed by atoms with E-state index < -0.39 is 0 Å². The quantitative estimate of drug-likeness (QED) is 0.776. The summed E-state index contributed by atoms with van der Waals surface area (Å²) >= 11 is 0. The number of piperidine rings is 1. The molecule has 1 saturated heterocycles. The van der Waals surface area contributed by atoms with Crippen molar-refractivity contribution in [3.05, 3.63) is 47.9 Å². The predicted octanol–water partition coefficient (Wildman–Crippen LogP) is 3.33. The molecule has 0 saturated carbocycles. The van der Waals surface area contributed by atoms with E-state index in [-0.39, 0.29) is 0 Å². The maximum Gasteiger partial charge on any atom is 0.119 e. The average Bonchev–Trinajstić information content (AvgIpc) is 3.26. The second-order valence-electron chi connectivity index (χ2n) is 7.04. The van der Waals surface area contributed by atoms with Crippen LogP contribution in [0.1, 0.15) is 29.9 Å². The fraction of sp³-hybridized carbons (Fsp3) is 0.450. The number of nitrogens with one attached hydrogen (secondary N) is 1. The Morgan fingerprint density at radius 1 is 1.28 bits per heavy atom. The number of methoxy groups -OCH3 is 1. The summed E-state index contributed by atoms with van der Waals surface area (Å²) in [6, 6.07) is 6.29. The summed E-state index contributed by atoms with van der Waals surface area (Å²) in [6.45, 7) is 3.46. The summed E-state index contributed by atoms with van der Waals surface area (Å²) in [5.74, 6) is 1.57. The molecule has 5 heteroatoms. The van der Waals surface area contributed by atoms with E-state index in [1.165, 1.54) is 48.0 Å². The Hall–Kier alpha value is -2.27. The number of rotatable bonds is 5. The third-order valence-electron chi connectivity index (χ3n) is 5.42. The Morgan fingerprint density at radius 3 is 2.84 bits per heavy atom. The number of aromatic nitrogens is 3. The zero-order valence-corrected chi connectivity index (χ0v) is 15.0. The molecule has 3 aromatic rings. The first kappa shape index (κ1) is 16.2. The molecule has 25 heavy (non-hydrogen) atoms. The van der Waals surface area contributed by atoms with Gasteiger partial charge in [0.25, 0.3) is 0 Å². The van der Waals surface area contributed by atoms with E-state index in [9.17, 15) is 0 Å². The van der Waals surface area contributed by atoms with Crippen LogP contribution < -0.4 is 4.74 Å². The minimum atomic E-state index is 0.635. The maximum absolute atomic E-state index is 5.40. The first-order chi connectivity index (χ1) is 12.2. The zero-order chi connectivity index (χ0) is 17.2. The van der Waals surface area contributed by atoms with E-state index >= 15 is 0 Å². The second kappa shape index (κ2) is 6.92. The monoisotopic (exact) mass is 338 g/mol. The van der Waals surface area contributed by atoms with Crippen LogP contribution in [-0.2, 0) is 13.5 Å². The van der Waals surface area contributed by atoms with Crippen molar-refractivity contribution in [2.45, 2.75) is 25.2 Å². The van der Waals surface area contributed by atoms with Crippen LogP contribution in [-0.4, -0.2) is 46.4 Å². The standard InChI is InChI=1S/C20H26N4O/c1-23-14-15(12-22-23)5-8-24-9-6-16(7-10-24)19-13-21-20-4-3-17(25-2)11-18(19)20/h3-4,11-14,16,21H,5-10H2,1-2H3. The van der Waals surface area contributed by atoms with E-state index in [1.807, 2.05) is 24.0 Å². The van der Waals surface area contributed by atoms with Crippen molar-refractivity contribution < 1.29 is 4.74 Å². The van der Waals surface area contributed by atoms with E-state index in [2.05, 4.69) is 39.5 Å². The molecule has 2 aromatic heterocycles. The molecule has 0 unspecified atom stereocenters. The molecule has 0 spiro atoms. The molecule has 1 aromatic carbocycles. The van der Waals surface area contributed by atoms with E-state index in [4.69, 9.17) is 4.74 Å². The minimum Gasteiger partial charge on any atom is -0.497 e. The Morgan fingerprint density at radius 2 is 2.12 bits per heavy atom. The predicted molar refractivity (Wildman–Crippen MR) is 100 cm³/mol. The summed E-state index contributed by atoms with van der Waals surface area (Å²) in [5, 5.41) is 5.57. The molecule has 0 radical (unpaired) electrons. The third kappa shape index (κ3) is 3.42. The van der Waals surface area contributed by atoms with Crippen LogP contribution in [0.3, 0.4) is 0 Å². The topological polar surface area (TPSA) is 46.1 Å². The number of likely N-dealkylation sites (tertiary alicyclic amines) is 1. The van der Waals surface area contributed by atoms with Gasteiger partial charge in [-0.05, 0) is 67.6 Å². The number of nitrogens with zero attached hydrogens (tertiary/aromatic N) is 3. The first-order valence-electron chi connectivity index (χ1n) is 9.08. The number of ether oxygens (including phenoxy) is 1. The van der Waals surface area contributed by atoms with Crippen LogP contribution in [0.15, 0.2) is 36.8 Å². The number of fused-ring (bicyclic) bond motifs is 1. The molecule has 1 aliphatic heterocycles. The van der Waals surface area contributed by atoms with Crippen molar-refractivity contribution in [2.75, 3.05) is 26.7 Å². The molecular formula is C20H26N4O. The fourth-order valence-electron chi connectivity index (χ4n) is 3.94. The molecule has 5 nitrogen and oxygen atoms in total. The Bertz CT molecular complexity index is 842. The highest BCUT2D eigenvalue weighted by Gasteiger charge is 2.22. The number of benzene rings is 1. The van der Waals surface area contributed by atoms with Gasteiger partial charge in [-0.3, -0.25) is 4.68 Å². The molecule has 1 N–H and O–H groups in total. The van der Waals surface area contributed by atoms with Gasteiger partial charge in [-0.25, -0.2) is 0 Å². The van der Waals surface area contributed by atoms with Gasteiger partial charge >= 0.3 is 0 Å². The van der Waals surface area contributed by atoms with Gasteiger partial charge in [0.1, 0.15) is 5.75 Å². The van der Waals surface area contributed by atoms with Gasteiger partial charge in [-0.15, -0.1) is 0 Å². The SMILES string of the molecule is COc1ccc2[nH]cc(C3CCN(CCc4cnn(C)c4)CC3)c2c1. The molecule has 0 aliphatic carbocycles. The number of aromatic amines is 1. The Balaban J connectivity index is 1.38.